The van der Waals surface area contributed by atoms with E-state index in [4.69, 9.17) is 4.98 Å². The number of hydrogen-bond donors (Lipinski definition) is 1. The Labute approximate surface area is 175 Å². The highest BCUT2D eigenvalue weighted by Crippen LogP contribution is 2.44. The molecule has 4 fully saturated rings. The number of benzene rings is 1. The molecule has 4 heterocycles. The number of rotatable bonds is 4. The molecule has 1 saturated carbocycles. The molecule has 2 atom stereocenters. The summed E-state index contributed by atoms with van der Waals surface area (Å²) in [6.07, 6.45) is 14.3. The average molecular weight is 393 g/mol. The molecule has 4 nitrogen and oxygen atoms in total. The second kappa shape index (κ2) is 7.70. The molecule has 3 aliphatic heterocycles. The molecule has 0 amide bonds. The van der Waals surface area contributed by atoms with Crippen molar-refractivity contribution in [2.75, 3.05) is 19.6 Å². The highest BCUT2D eigenvalue weighted by molar-refractivity contribution is 5.76. The van der Waals surface area contributed by atoms with Gasteiger partial charge in [0.1, 0.15) is 5.82 Å². The summed E-state index contributed by atoms with van der Waals surface area (Å²) in [6, 6.07) is 11.1. The van der Waals surface area contributed by atoms with E-state index in [1.54, 1.807) is 0 Å². The first kappa shape index (κ1) is 18.4. The first-order valence-corrected chi connectivity index (χ1v) is 12.3. The number of para-hydroxylation sites is 2. The van der Waals surface area contributed by atoms with Gasteiger partial charge in [0.2, 0.25) is 0 Å². The van der Waals surface area contributed by atoms with Crippen molar-refractivity contribution in [3.63, 3.8) is 0 Å². The molecule has 2 aromatic rings. The second-order valence-electron chi connectivity index (χ2n) is 10.2. The lowest BCUT2D eigenvalue weighted by Gasteiger charge is -2.42. The maximum Gasteiger partial charge on any atom is 0.115 e. The van der Waals surface area contributed by atoms with Crippen molar-refractivity contribution in [1.82, 2.24) is 19.8 Å². The quantitative estimate of drug-likeness (QED) is 0.754. The number of nitrogens with one attached hydrogen (secondary N) is 1. The van der Waals surface area contributed by atoms with Crippen molar-refractivity contribution in [3.05, 3.63) is 30.1 Å². The zero-order chi connectivity index (χ0) is 19.2. The van der Waals surface area contributed by atoms with Crippen molar-refractivity contribution in [2.24, 2.45) is 5.92 Å². The van der Waals surface area contributed by atoms with Crippen molar-refractivity contribution in [2.45, 2.75) is 88.3 Å². The van der Waals surface area contributed by atoms with E-state index in [2.05, 4.69) is 39.0 Å². The van der Waals surface area contributed by atoms with Crippen LogP contribution in [0.25, 0.3) is 11.0 Å². The number of aromatic nitrogens is 2. The Balaban J connectivity index is 1.25. The lowest BCUT2D eigenvalue weighted by atomic mass is 9.92. The molecule has 6 rings (SSSR count). The van der Waals surface area contributed by atoms with Crippen LogP contribution in [0, 0.1) is 5.92 Å². The van der Waals surface area contributed by atoms with Gasteiger partial charge in [0.25, 0.3) is 0 Å². The molecule has 1 N–H and O–H groups in total. The summed E-state index contributed by atoms with van der Waals surface area (Å²) in [5.41, 5.74) is 2.57. The van der Waals surface area contributed by atoms with E-state index < -0.39 is 0 Å². The zero-order valence-electron chi connectivity index (χ0n) is 17.7. The largest absolute Gasteiger partial charge is 0.324 e. The monoisotopic (exact) mass is 392 g/mol. The van der Waals surface area contributed by atoms with Crippen molar-refractivity contribution >= 4 is 11.0 Å². The highest BCUT2D eigenvalue weighted by atomic mass is 15.2. The number of hydrogen-bond acceptors (Lipinski definition) is 3. The third-order valence-electron chi connectivity index (χ3n) is 8.44. The topological polar surface area (TPSA) is 33.1 Å². The summed E-state index contributed by atoms with van der Waals surface area (Å²) >= 11 is 0. The molecule has 29 heavy (non-hydrogen) atoms. The van der Waals surface area contributed by atoms with Crippen LogP contribution in [-0.4, -0.2) is 46.2 Å². The van der Waals surface area contributed by atoms with Crippen molar-refractivity contribution in [1.29, 1.82) is 0 Å². The maximum absolute atomic E-state index is 5.11. The smallest absolute Gasteiger partial charge is 0.115 e. The molecule has 3 saturated heterocycles. The summed E-state index contributed by atoms with van der Waals surface area (Å²) in [5, 5.41) is 3.46. The Bertz CT molecular complexity index is 832. The van der Waals surface area contributed by atoms with Crippen LogP contribution in [0.3, 0.4) is 0 Å². The van der Waals surface area contributed by atoms with Crippen LogP contribution in [0.15, 0.2) is 24.3 Å². The van der Waals surface area contributed by atoms with Crippen LogP contribution in [0.4, 0.5) is 0 Å². The van der Waals surface area contributed by atoms with Gasteiger partial charge in [-0.05, 0) is 56.6 Å². The lowest BCUT2D eigenvalue weighted by Crippen LogP contribution is -2.46. The molecule has 2 bridgehead atoms. The number of nitrogens with zero attached hydrogens (tertiary/aromatic N) is 3. The molecule has 1 aromatic heterocycles. The third-order valence-corrected chi connectivity index (χ3v) is 8.44. The van der Waals surface area contributed by atoms with E-state index >= 15 is 0 Å². The highest BCUT2D eigenvalue weighted by Gasteiger charge is 2.43. The van der Waals surface area contributed by atoms with Gasteiger partial charge in [0.05, 0.1) is 11.0 Å². The molecule has 0 radical (unpaired) electrons. The van der Waals surface area contributed by atoms with E-state index in [1.165, 1.54) is 87.6 Å². The van der Waals surface area contributed by atoms with Gasteiger partial charge in [-0.15, -0.1) is 0 Å². The fraction of sp³-hybridized carbons (Fsp3) is 0.720. The molecule has 1 aromatic carbocycles. The summed E-state index contributed by atoms with van der Waals surface area (Å²) < 4.78 is 2.68. The van der Waals surface area contributed by atoms with E-state index in [1.807, 2.05) is 0 Å². The predicted octanol–water partition coefficient (Wildman–Crippen LogP) is 4.86. The van der Waals surface area contributed by atoms with Gasteiger partial charge in [-0.2, -0.15) is 0 Å². The van der Waals surface area contributed by atoms with E-state index in [-0.39, 0.29) is 0 Å². The van der Waals surface area contributed by atoms with Crippen LogP contribution >= 0.6 is 0 Å². The van der Waals surface area contributed by atoms with E-state index in [0.29, 0.717) is 12.0 Å². The predicted molar refractivity (Wildman–Crippen MR) is 118 cm³/mol. The van der Waals surface area contributed by atoms with Gasteiger partial charge in [0, 0.05) is 43.7 Å². The summed E-state index contributed by atoms with van der Waals surface area (Å²) in [4.78, 5) is 8.07. The normalized spacial score (nSPS) is 31.8. The van der Waals surface area contributed by atoms with E-state index in [0.717, 1.165) is 31.1 Å². The van der Waals surface area contributed by atoms with Crippen molar-refractivity contribution in [3.8, 4) is 0 Å². The average Bonchev–Trinajstić information content (AvgIpc) is 3.02. The molecule has 2 unspecified atom stereocenters. The molecular weight excluding hydrogens is 356 g/mol. The Morgan fingerprint density at radius 3 is 2.28 bits per heavy atom. The first-order valence-electron chi connectivity index (χ1n) is 12.3. The summed E-state index contributed by atoms with van der Waals surface area (Å²) in [6.45, 7) is 3.57. The second-order valence-corrected chi connectivity index (χ2v) is 10.2. The molecule has 0 spiro atoms. The van der Waals surface area contributed by atoms with Gasteiger partial charge < -0.3 is 9.88 Å². The van der Waals surface area contributed by atoms with E-state index in [9.17, 15) is 0 Å². The van der Waals surface area contributed by atoms with Crippen LogP contribution in [0.1, 0.15) is 82.0 Å². The summed E-state index contributed by atoms with van der Waals surface area (Å²) in [7, 11) is 0. The molecule has 1 aliphatic carbocycles. The number of fused-ring (bicyclic) bond motifs is 3. The van der Waals surface area contributed by atoms with Crippen LogP contribution in [0.5, 0.6) is 0 Å². The standard InChI is InChI=1S/C25H36N4/c1-2-4-8-18(7-3-1)17-28-20-11-12-21(28)14-22(13-20)29-24-10-6-5-9-23(24)27-25(29)19-15-26-16-19/h5-6,9-10,18-22,26H,1-4,7-8,11-17H2. The minimum atomic E-state index is 0.601. The Hall–Kier alpha value is -1.39. The zero-order valence-corrected chi connectivity index (χ0v) is 17.7. The van der Waals surface area contributed by atoms with Gasteiger partial charge in [-0.1, -0.05) is 37.8 Å². The molecule has 156 valence electrons. The van der Waals surface area contributed by atoms with Crippen molar-refractivity contribution < 1.29 is 0 Å². The van der Waals surface area contributed by atoms with Gasteiger partial charge in [0.15, 0.2) is 0 Å². The van der Waals surface area contributed by atoms with Gasteiger partial charge in [-0.25, -0.2) is 4.98 Å². The molecular formula is C25H36N4. The third kappa shape index (κ3) is 3.33. The molecule has 4 heteroatoms. The number of imidazole rings is 1. The lowest BCUT2D eigenvalue weighted by molar-refractivity contribution is 0.0852. The Morgan fingerprint density at radius 1 is 0.862 bits per heavy atom. The SMILES string of the molecule is c1ccc2c(c1)nc(C1CNC1)n2C1CC2CCC(C1)N2CC1CCCCCC1. The molecule has 4 aliphatic rings. The van der Waals surface area contributed by atoms with Gasteiger partial charge >= 0.3 is 0 Å². The minimum Gasteiger partial charge on any atom is -0.324 e. The van der Waals surface area contributed by atoms with Crippen LogP contribution in [0.2, 0.25) is 0 Å². The number of piperidine rings is 1. The van der Waals surface area contributed by atoms with Crippen LogP contribution in [-0.2, 0) is 0 Å². The first-order chi connectivity index (χ1) is 14.4. The fourth-order valence-corrected chi connectivity index (χ4v) is 6.81. The Kier molecular flexibility index (Phi) is 4.88. The summed E-state index contributed by atoms with van der Waals surface area (Å²) in [5.74, 6) is 2.92. The maximum atomic E-state index is 5.11. The minimum absolute atomic E-state index is 0.601. The van der Waals surface area contributed by atoms with Crippen LogP contribution < -0.4 is 5.32 Å². The Morgan fingerprint density at radius 2 is 1.59 bits per heavy atom. The fourth-order valence-electron chi connectivity index (χ4n) is 6.81. The van der Waals surface area contributed by atoms with Gasteiger partial charge in [-0.3, -0.25) is 4.90 Å².